The Hall–Kier alpha value is -1.65. The van der Waals surface area contributed by atoms with E-state index in [0.29, 0.717) is 24.7 Å². The Morgan fingerprint density at radius 1 is 1.19 bits per heavy atom. The lowest BCUT2D eigenvalue weighted by Gasteiger charge is -2.44. The molecule has 4 heteroatoms. The van der Waals surface area contributed by atoms with Crippen molar-refractivity contribution in [1.82, 2.24) is 0 Å². The van der Waals surface area contributed by atoms with Gasteiger partial charge in [-0.25, -0.2) is 0 Å². The van der Waals surface area contributed by atoms with Gasteiger partial charge in [0, 0.05) is 24.3 Å². The molecule has 3 N–H and O–H groups in total. The molecule has 170 valence electrons. The topological polar surface area (TPSA) is 77.8 Å². The molecule has 0 aromatic heterocycles. The Morgan fingerprint density at radius 3 is 2.65 bits per heavy atom. The SMILES string of the molecule is C=C1/C(=C\C=C2/CCC[C@@]3(C)C2CC[C@@H]3C(C)C(O)=CC(=O)C2CC2)C[C@@H](O)C[C@@H]1O. The zero-order valence-electron chi connectivity index (χ0n) is 19.0. The number of carbonyl (C=O) groups is 1. The summed E-state index contributed by atoms with van der Waals surface area (Å²) in [6.45, 7) is 8.48. The summed E-state index contributed by atoms with van der Waals surface area (Å²) in [5.74, 6) is 1.35. The number of fused-ring (bicyclic) bond motifs is 1. The van der Waals surface area contributed by atoms with Crippen molar-refractivity contribution in [3.8, 4) is 0 Å². The van der Waals surface area contributed by atoms with Gasteiger partial charge in [0.15, 0.2) is 5.78 Å². The molecular formula is C27H38O4. The van der Waals surface area contributed by atoms with Crippen LogP contribution in [0.15, 0.2) is 47.3 Å². The van der Waals surface area contributed by atoms with E-state index in [1.165, 1.54) is 11.6 Å². The number of carbonyl (C=O) groups excluding carboxylic acids is 1. The zero-order valence-corrected chi connectivity index (χ0v) is 19.0. The molecule has 0 radical (unpaired) electrons. The van der Waals surface area contributed by atoms with Gasteiger partial charge < -0.3 is 15.3 Å². The summed E-state index contributed by atoms with van der Waals surface area (Å²) in [7, 11) is 0. The number of allylic oxidation sites excluding steroid dienone is 5. The minimum Gasteiger partial charge on any atom is -0.512 e. The van der Waals surface area contributed by atoms with E-state index in [-0.39, 0.29) is 28.8 Å². The number of rotatable bonds is 5. The zero-order chi connectivity index (χ0) is 22.3. The average Bonchev–Trinajstić information content (AvgIpc) is 3.51. The number of aliphatic hydroxyl groups is 3. The second kappa shape index (κ2) is 8.71. The molecule has 6 atom stereocenters. The van der Waals surface area contributed by atoms with Crippen LogP contribution in [-0.2, 0) is 4.79 Å². The largest absolute Gasteiger partial charge is 0.512 e. The first-order valence-electron chi connectivity index (χ1n) is 12.1. The molecule has 0 aromatic rings. The highest BCUT2D eigenvalue weighted by molar-refractivity contribution is 5.93. The summed E-state index contributed by atoms with van der Waals surface area (Å²) in [5.41, 5.74) is 3.24. The van der Waals surface area contributed by atoms with Crippen LogP contribution < -0.4 is 0 Å². The van der Waals surface area contributed by atoms with Gasteiger partial charge in [-0.1, -0.05) is 38.2 Å². The van der Waals surface area contributed by atoms with Crippen LogP contribution >= 0.6 is 0 Å². The maximum atomic E-state index is 12.2. The van der Waals surface area contributed by atoms with Crippen molar-refractivity contribution < 1.29 is 20.1 Å². The van der Waals surface area contributed by atoms with Crippen molar-refractivity contribution >= 4 is 5.78 Å². The van der Waals surface area contributed by atoms with E-state index in [9.17, 15) is 20.1 Å². The van der Waals surface area contributed by atoms with Gasteiger partial charge in [-0.15, -0.1) is 0 Å². The number of ketones is 1. The van der Waals surface area contributed by atoms with Crippen LogP contribution in [0.5, 0.6) is 0 Å². The standard InChI is InChI=1S/C27H38O4/c1-16-20(13-21(28)14-24(16)29)9-6-18-5-4-12-27(3)22(10-11-23(18)27)17(2)25(30)15-26(31)19-7-8-19/h6,9,15,17,19,21-24,28-30H,1,4-5,7-8,10-14H2,2-3H3/b18-6+,20-9-,25-15?/t17?,21-,22-,23?,24+,27-/m1/s1. The Labute approximate surface area is 186 Å². The van der Waals surface area contributed by atoms with Gasteiger partial charge in [0.1, 0.15) is 0 Å². The van der Waals surface area contributed by atoms with Crippen LogP contribution in [-0.4, -0.2) is 33.3 Å². The quantitative estimate of drug-likeness (QED) is 0.418. The molecule has 0 aromatic carbocycles. The molecule has 0 heterocycles. The minimum absolute atomic E-state index is 0.00109. The number of aliphatic hydroxyl groups excluding tert-OH is 3. The van der Waals surface area contributed by atoms with E-state index in [2.05, 4.69) is 32.6 Å². The van der Waals surface area contributed by atoms with Crippen LogP contribution in [0.4, 0.5) is 0 Å². The van der Waals surface area contributed by atoms with Crippen molar-refractivity contribution in [1.29, 1.82) is 0 Å². The highest BCUT2D eigenvalue weighted by Gasteiger charge is 2.51. The lowest BCUT2D eigenvalue weighted by atomic mass is 9.61. The molecule has 4 aliphatic rings. The summed E-state index contributed by atoms with van der Waals surface area (Å²) >= 11 is 0. The molecule has 4 aliphatic carbocycles. The van der Waals surface area contributed by atoms with Gasteiger partial charge in [-0.05, 0) is 79.8 Å². The molecule has 0 bridgehead atoms. The van der Waals surface area contributed by atoms with Gasteiger partial charge in [-0.2, -0.15) is 0 Å². The third-order valence-electron chi connectivity index (χ3n) is 8.64. The average molecular weight is 427 g/mol. The fourth-order valence-corrected chi connectivity index (χ4v) is 6.53. The van der Waals surface area contributed by atoms with Crippen molar-refractivity contribution in [3.63, 3.8) is 0 Å². The van der Waals surface area contributed by atoms with Crippen molar-refractivity contribution in [2.24, 2.45) is 29.1 Å². The maximum absolute atomic E-state index is 12.2. The molecular weight excluding hydrogens is 388 g/mol. The van der Waals surface area contributed by atoms with Crippen molar-refractivity contribution in [2.75, 3.05) is 0 Å². The first-order chi connectivity index (χ1) is 14.7. The van der Waals surface area contributed by atoms with Gasteiger partial charge in [-0.3, -0.25) is 4.79 Å². The summed E-state index contributed by atoms with van der Waals surface area (Å²) in [5, 5.41) is 30.9. The van der Waals surface area contributed by atoms with Crippen LogP contribution in [0, 0.1) is 29.1 Å². The van der Waals surface area contributed by atoms with Crippen LogP contribution in [0.3, 0.4) is 0 Å². The fraction of sp³-hybridized carbons (Fsp3) is 0.667. The molecule has 4 rings (SSSR count). The third kappa shape index (κ3) is 4.47. The van der Waals surface area contributed by atoms with Crippen molar-refractivity contribution in [3.05, 3.63) is 47.3 Å². The second-order valence-electron chi connectivity index (χ2n) is 10.7. The monoisotopic (exact) mass is 426 g/mol. The Balaban J connectivity index is 1.52. The van der Waals surface area contributed by atoms with E-state index in [1.807, 2.05) is 0 Å². The summed E-state index contributed by atoms with van der Waals surface area (Å²) in [6, 6.07) is 0. The van der Waals surface area contributed by atoms with Crippen molar-refractivity contribution in [2.45, 2.75) is 83.8 Å². The second-order valence-corrected chi connectivity index (χ2v) is 10.7. The van der Waals surface area contributed by atoms with Crippen LogP contribution in [0.25, 0.3) is 0 Å². The Morgan fingerprint density at radius 2 is 1.94 bits per heavy atom. The normalized spacial score (nSPS) is 40.3. The molecule has 0 aliphatic heterocycles. The maximum Gasteiger partial charge on any atom is 0.162 e. The lowest BCUT2D eigenvalue weighted by molar-refractivity contribution is -0.115. The van der Waals surface area contributed by atoms with Crippen LogP contribution in [0.1, 0.15) is 71.6 Å². The fourth-order valence-electron chi connectivity index (χ4n) is 6.53. The third-order valence-corrected chi connectivity index (χ3v) is 8.64. The molecule has 4 nitrogen and oxygen atoms in total. The lowest BCUT2D eigenvalue weighted by Crippen LogP contribution is -2.36. The van der Waals surface area contributed by atoms with E-state index < -0.39 is 12.2 Å². The van der Waals surface area contributed by atoms with Gasteiger partial charge >= 0.3 is 0 Å². The van der Waals surface area contributed by atoms with E-state index in [4.69, 9.17) is 0 Å². The van der Waals surface area contributed by atoms with Gasteiger partial charge in [0.2, 0.25) is 0 Å². The Bertz CT molecular complexity index is 830. The molecule has 4 fully saturated rings. The molecule has 0 amide bonds. The van der Waals surface area contributed by atoms with E-state index >= 15 is 0 Å². The van der Waals surface area contributed by atoms with Gasteiger partial charge in [0.05, 0.1) is 18.0 Å². The smallest absolute Gasteiger partial charge is 0.162 e. The summed E-state index contributed by atoms with van der Waals surface area (Å²) in [4.78, 5) is 12.2. The number of hydrogen-bond acceptors (Lipinski definition) is 4. The van der Waals surface area contributed by atoms with Gasteiger partial charge in [0.25, 0.3) is 0 Å². The first-order valence-corrected chi connectivity index (χ1v) is 12.1. The number of hydrogen-bond donors (Lipinski definition) is 3. The molecule has 4 saturated carbocycles. The summed E-state index contributed by atoms with van der Waals surface area (Å²) in [6.07, 6.45) is 13.0. The highest BCUT2D eigenvalue weighted by Crippen LogP contribution is 2.60. The van der Waals surface area contributed by atoms with Crippen LogP contribution in [0.2, 0.25) is 0 Å². The molecule has 0 saturated heterocycles. The minimum atomic E-state index is -0.658. The highest BCUT2D eigenvalue weighted by atomic mass is 16.3. The first kappa shape index (κ1) is 22.5. The Kier molecular flexibility index (Phi) is 6.33. The van der Waals surface area contributed by atoms with E-state index in [0.717, 1.165) is 56.1 Å². The molecule has 31 heavy (non-hydrogen) atoms. The molecule has 2 unspecified atom stereocenters. The van der Waals surface area contributed by atoms with E-state index in [1.54, 1.807) is 0 Å². The predicted molar refractivity (Wildman–Crippen MR) is 122 cm³/mol. The molecule has 0 spiro atoms. The predicted octanol–water partition coefficient (Wildman–Crippen LogP) is 5.18. The summed E-state index contributed by atoms with van der Waals surface area (Å²) < 4.78 is 0.